The summed E-state index contributed by atoms with van der Waals surface area (Å²) in [6.07, 6.45) is 1.09. The van der Waals surface area contributed by atoms with Crippen LogP contribution in [0.5, 0.6) is 0 Å². The quantitative estimate of drug-likeness (QED) is 0.810. The second-order valence-corrected chi connectivity index (χ2v) is 4.42. The van der Waals surface area contributed by atoms with Crippen LogP contribution in [0.25, 0.3) is 0 Å². The number of anilines is 1. The van der Waals surface area contributed by atoms with Crippen molar-refractivity contribution >= 4 is 17.4 Å². The molecular formula is C13H22ClN3. The first-order valence-electron chi connectivity index (χ1n) is 6.32. The zero-order valence-corrected chi connectivity index (χ0v) is 11.7. The third-order valence-corrected chi connectivity index (χ3v) is 3.09. The molecule has 4 heteroatoms. The second-order valence-electron chi connectivity index (χ2n) is 4.01. The van der Waals surface area contributed by atoms with Crippen LogP contribution in [-0.4, -0.2) is 29.5 Å². The van der Waals surface area contributed by atoms with Crippen LogP contribution in [0.4, 0.5) is 5.82 Å². The average molecular weight is 256 g/mol. The average Bonchev–Trinajstić information content (AvgIpc) is 2.36. The molecule has 1 rings (SSSR count). The summed E-state index contributed by atoms with van der Waals surface area (Å²) in [6, 6.07) is 3.86. The summed E-state index contributed by atoms with van der Waals surface area (Å²) in [5, 5.41) is 4.03. The van der Waals surface area contributed by atoms with Gasteiger partial charge in [-0.1, -0.05) is 32.4 Å². The van der Waals surface area contributed by atoms with Crippen molar-refractivity contribution in [3.05, 3.63) is 22.8 Å². The van der Waals surface area contributed by atoms with Gasteiger partial charge in [0.2, 0.25) is 0 Å². The number of rotatable bonds is 7. The number of halogens is 1. The minimum atomic E-state index is 0.749. The minimum Gasteiger partial charge on any atom is -0.370 e. The summed E-state index contributed by atoms with van der Waals surface area (Å²) in [5.41, 5.74) is 0.955. The zero-order chi connectivity index (χ0) is 12.7. The molecule has 1 aromatic heterocycles. The van der Waals surface area contributed by atoms with Gasteiger partial charge in [0.25, 0.3) is 0 Å². The van der Waals surface area contributed by atoms with Gasteiger partial charge in [0.05, 0.1) is 10.7 Å². The number of pyridine rings is 1. The fourth-order valence-corrected chi connectivity index (χ4v) is 1.77. The second kappa shape index (κ2) is 7.51. The van der Waals surface area contributed by atoms with Crippen LogP contribution in [0.3, 0.4) is 0 Å². The molecule has 3 nitrogen and oxygen atoms in total. The Hall–Kier alpha value is -0.800. The number of nitrogens with zero attached hydrogens (tertiary/aromatic N) is 2. The normalized spacial score (nSPS) is 10.9. The standard InChI is InChI=1S/C13H22ClN3/c1-4-9-15-13-8-7-11(14)12(16-13)10-17(5-2)6-3/h7-8H,4-6,9-10H2,1-3H3,(H,15,16). The van der Waals surface area contributed by atoms with Crippen LogP contribution in [0, 0.1) is 0 Å². The molecule has 96 valence electrons. The monoisotopic (exact) mass is 255 g/mol. The molecule has 0 fully saturated rings. The molecule has 17 heavy (non-hydrogen) atoms. The van der Waals surface area contributed by atoms with E-state index in [1.807, 2.05) is 12.1 Å². The van der Waals surface area contributed by atoms with Gasteiger partial charge in [0, 0.05) is 13.1 Å². The van der Waals surface area contributed by atoms with Crippen molar-refractivity contribution in [2.45, 2.75) is 33.7 Å². The Bertz CT molecular complexity index is 337. The van der Waals surface area contributed by atoms with E-state index in [9.17, 15) is 0 Å². The molecular weight excluding hydrogens is 234 g/mol. The highest BCUT2D eigenvalue weighted by molar-refractivity contribution is 6.31. The van der Waals surface area contributed by atoms with Crippen LogP contribution < -0.4 is 5.32 Å². The van der Waals surface area contributed by atoms with Crippen molar-refractivity contribution < 1.29 is 0 Å². The SMILES string of the molecule is CCCNc1ccc(Cl)c(CN(CC)CC)n1. The van der Waals surface area contributed by atoms with Crippen molar-refractivity contribution in [3.8, 4) is 0 Å². The zero-order valence-electron chi connectivity index (χ0n) is 11.0. The predicted octanol–water partition coefficient (Wildman–Crippen LogP) is 3.40. The van der Waals surface area contributed by atoms with Gasteiger partial charge in [-0.25, -0.2) is 4.98 Å². The molecule has 0 aliphatic heterocycles. The highest BCUT2D eigenvalue weighted by Gasteiger charge is 2.07. The van der Waals surface area contributed by atoms with Gasteiger partial charge in [-0.05, 0) is 31.6 Å². The van der Waals surface area contributed by atoms with Crippen molar-refractivity contribution in [1.82, 2.24) is 9.88 Å². The summed E-state index contributed by atoms with van der Waals surface area (Å²) >= 11 is 6.17. The Labute approximate surface area is 109 Å². The number of aromatic nitrogens is 1. The van der Waals surface area contributed by atoms with Gasteiger partial charge < -0.3 is 5.32 Å². The fourth-order valence-electron chi connectivity index (χ4n) is 1.61. The highest BCUT2D eigenvalue weighted by Crippen LogP contribution is 2.18. The van der Waals surface area contributed by atoms with Gasteiger partial charge in [-0.2, -0.15) is 0 Å². The Morgan fingerprint density at radius 1 is 1.24 bits per heavy atom. The van der Waals surface area contributed by atoms with Crippen LogP contribution in [-0.2, 0) is 6.54 Å². The smallest absolute Gasteiger partial charge is 0.126 e. The minimum absolute atomic E-state index is 0.749. The number of hydrogen-bond donors (Lipinski definition) is 1. The lowest BCUT2D eigenvalue weighted by Gasteiger charge is -2.18. The molecule has 0 saturated carbocycles. The maximum atomic E-state index is 6.17. The predicted molar refractivity (Wildman–Crippen MR) is 74.7 cm³/mol. The van der Waals surface area contributed by atoms with Gasteiger partial charge >= 0.3 is 0 Å². The molecule has 0 spiro atoms. The Morgan fingerprint density at radius 2 is 1.94 bits per heavy atom. The van der Waals surface area contributed by atoms with Crippen molar-refractivity contribution in [3.63, 3.8) is 0 Å². The Balaban J connectivity index is 2.75. The molecule has 1 aromatic rings. The third kappa shape index (κ3) is 4.52. The molecule has 0 saturated heterocycles. The van der Waals surface area contributed by atoms with E-state index < -0.39 is 0 Å². The van der Waals surface area contributed by atoms with E-state index in [-0.39, 0.29) is 0 Å². The summed E-state index contributed by atoms with van der Waals surface area (Å²) in [4.78, 5) is 6.86. The van der Waals surface area contributed by atoms with Crippen molar-refractivity contribution in [2.24, 2.45) is 0 Å². The van der Waals surface area contributed by atoms with Crippen LogP contribution in [0.15, 0.2) is 12.1 Å². The lowest BCUT2D eigenvalue weighted by atomic mass is 10.3. The first-order chi connectivity index (χ1) is 8.21. The molecule has 0 radical (unpaired) electrons. The summed E-state index contributed by atoms with van der Waals surface area (Å²) in [5.74, 6) is 0.915. The Kier molecular flexibility index (Phi) is 6.30. The summed E-state index contributed by atoms with van der Waals surface area (Å²) < 4.78 is 0. The lowest BCUT2D eigenvalue weighted by Crippen LogP contribution is -2.23. The molecule has 0 aliphatic carbocycles. The molecule has 0 amide bonds. The van der Waals surface area contributed by atoms with Crippen LogP contribution in [0.2, 0.25) is 5.02 Å². The summed E-state index contributed by atoms with van der Waals surface area (Å²) in [6.45, 7) is 10.2. The lowest BCUT2D eigenvalue weighted by molar-refractivity contribution is 0.292. The third-order valence-electron chi connectivity index (χ3n) is 2.74. The van der Waals surface area contributed by atoms with Gasteiger partial charge in [-0.15, -0.1) is 0 Å². The van der Waals surface area contributed by atoms with E-state index in [4.69, 9.17) is 11.6 Å². The van der Waals surface area contributed by atoms with E-state index >= 15 is 0 Å². The molecule has 1 heterocycles. The summed E-state index contributed by atoms with van der Waals surface area (Å²) in [7, 11) is 0. The van der Waals surface area contributed by atoms with Crippen LogP contribution >= 0.6 is 11.6 Å². The number of nitrogens with one attached hydrogen (secondary N) is 1. The molecule has 0 atom stereocenters. The van der Waals surface area contributed by atoms with Gasteiger partial charge in [-0.3, -0.25) is 4.90 Å². The molecule has 0 aliphatic rings. The van der Waals surface area contributed by atoms with E-state index in [2.05, 4.69) is 36.0 Å². The molecule has 0 unspecified atom stereocenters. The van der Waals surface area contributed by atoms with Gasteiger partial charge in [0.15, 0.2) is 0 Å². The van der Waals surface area contributed by atoms with E-state index in [0.29, 0.717) is 0 Å². The van der Waals surface area contributed by atoms with Gasteiger partial charge in [0.1, 0.15) is 5.82 Å². The number of hydrogen-bond acceptors (Lipinski definition) is 3. The molecule has 0 bridgehead atoms. The molecule has 1 N–H and O–H groups in total. The van der Waals surface area contributed by atoms with Crippen LogP contribution in [0.1, 0.15) is 32.9 Å². The maximum Gasteiger partial charge on any atom is 0.126 e. The topological polar surface area (TPSA) is 28.2 Å². The van der Waals surface area contributed by atoms with Crippen molar-refractivity contribution in [1.29, 1.82) is 0 Å². The van der Waals surface area contributed by atoms with E-state index in [1.54, 1.807) is 0 Å². The Morgan fingerprint density at radius 3 is 2.53 bits per heavy atom. The first kappa shape index (κ1) is 14.3. The van der Waals surface area contributed by atoms with E-state index in [0.717, 1.165) is 49.1 Å². The fraction of sp³-hybridized carbons (Fsp3) is 0.615. The largest absolute Gasteiger partial charge is 0.370 e. The maximum absolute atomic E-state index is 6.17. The van der Waals surface area contributed by atoms with E-state index in [1.165, 1.54) is 0 Å². The molecule has 0 aromatic carbocycles. The first-order valence-corrected chi connectivity index (χ1v) is 6.70. The highest BCUT2D eigenvalue weighted by atomic mass is 35.5. The van der Waals surface area contributed by atoms with Crippen molar-refractivity contribution in [2.75, 3.05) is 25.0 Å².